The first-order valence-corrected chi connectivity index (χ1v) is 9.99. The van der Waals surface area contributed by atoms with Crippen molar-refractivity contribution >= 4 is 27.7 Å². The zero-order valence-corrected chi connectivity index (χ0v) is 16.9. The molecule has 0 aliphatic rings. The number of para-hydroxylation sites is 1. The minimum atomic E-state index is -0.0721. The van der Waals surface area contributed by atoms with Gasteiger partial charge in [0.15, 0.2) is 0 Å². The molecule has 0 aliphatic heterocycles. The molecule has 7 heteroatoms. The van der Waals surface area contributed by atoms with Crippen LogP contribution in [0.15, 0.2) is 65.8 Å². The number of aryl methyl sites for hydroxylation is 1. The largest absolute Gasteiger partial charge is 0.497 e. The molecule has 154 valence electrons. The molecule has 0 radical (unpaired) electrons. The highest BCUT2D eigenvalue weighted by Crippen LogP contribution is 2.21. The summed E-state index contributed by atoms with van der Waals surface area (Å²) in [6.07, 6.45) is 4.50. The van der Waals surface area contributed by atoms with Crippen LogP contribution in [0.5, 0.6) is 5.75 Å². The van der Waals surface area contributed by atoms with Crippen LogP contribution in [-0.4, -0.2) is 33.7 Å². The Morgan fingerprint density at radius 2 is 1.97 bits per heavy atom. The first-order valence-electron chi connectivity index (χ1n) is 9.99. The summed E-state index contributed by atoms with van der Waals surface area (Å²) in [4.78, 5) is 28.9. The molecule has 0 saturated heterocycles. The van der Waals surface area contributed by atoms with E-state index in [-0.39, 0.29) is 11.5 Å². The van der Waals surface area contributed by atoms with Gasteiger partial charge in [0.25, 0.3) is 5.56 Å². The quantitative estimate of drug-likeness (QED) is 0.490. The molecule has 0 unspecified atom stereocenters. The fourth-order valence-electron chi connectivity index (χ4n) is 3.58. The monoisotopic (exact) mass is 404 g/mol. The maximum Gasteiger partial charge on any atom is 0.261 e. The van der Waals surface area contributed by atoms with Gasteiger partial charge < -0.3 is 14.6 Å². The van der Waals surface area contributed by atoms with Crippen LogP contribution in [0, 0.1) is 0 Å². The Morgan fingerprint density at radius 3 is 2.83 bits per heavy atom. The molecule has 0 bridgehead atoms. The lowest BCUT2D eigenvalue weighted by molar-refractivity contribution is -0.121. The van der Waals surface area contributed by atoms with E-state index >= 15 is 0 Å². The van der Waals surface area contributed by atoms with Crippen LogP contribution in [0.25, 0.3) is 21.8 Å². The molecule has 1 N–H and O–H groups in total. The molecule has 0 atom stereocenters. The Hall–Kier alpha value is -3.61. The highest BCUT2D eigenvalue weighted by molar-refractivity contribution is 5.81. The van der Waals surface area contributed by atoms with Crippen LogP contribution in [0.4, 0.5) is 0 Å². The third kappa shape index (κ3) is 4.20. The second kappa shape index (κ2) is 8.82. The van der Waals surface area contributed by atoms with Gasteiger partial charge in [0.05, 0.1) is 24.3 Å². The summed E-state index contributed by atoms with van der Waals surface area (Å²) in [5.74, 6) is 0.809. The van der Waals surface area contributed by atoms with Crippen LogP contribution in [0.2, 0.25) is 0 Å². The lowest BCUT2D eigenvalue weighted by Gasteiger charge is -2.09. The van der Waals surface area contributed by atoms with Crippen molar-refractivity contribution in [3.05, 3.63) is 71.4 Å². The van der Waals surface area contributed by atoms with Crippen molar-refractivity contribution in [3.8, 4) is 5.75 Å². The smallest absolute Gasteiger partial charge is 0.261 e. The van der Waals surface area contributed by atoms with E-state index in [1.807, 2.05) is 48.7 Å². The second-order valence-corrected chi connectivity index (χ2v) is 7.15. The van der Waals surface area contributed by atoms with E-state index in [0.29, 0.717) is 43.4 Å². The summed E-state index contributed by atoms with van der Waals surface area (Å²) in [6.45, 7) is 1.70. The van der Waals surface area contributed by atoms with Crippen LogP contribution in [0.1, 0.15) is 12.8 Å². The number of carbonyl (C=O) groups is 1. The number of hydrogen-bond acceptors (Lipinski definition) is 4. The number of nitrogens with one attached hydrogen (secondary N) is 1. The lowest BCUT2D eigenvalue weighted by atomic mass is 10.2. The van der Waals surface area contributed by atoms with Crippen LogP contribution >= 0.6 is 0 Å². The van der Waals surface area contributed by atoms with Crippen molar-refractivity contribution in [1.82, 2.24) is 19.4 Å². The van der Waals surface area contributed by atoms with E-state index < -0.39 is 0 Å². The van der Waals surface area contributed by atoms with E-state index in [0.717, 1.165) is 16.7 Å². The van der Waals surface area contributed by atoms with Gasteiger partial charge in [0, 0.05) is 43.2 Å². The van der Waals surface area contributed by atoms with Gasteiger partial charge in [-0.15, -0.1) is 0 Å². The van der Waals surface area contributed by atoms with Gasteiger partial charge in [-0.3, -0.25) is 14.2 Å². The minimum Gasteiger partial charge on any atom is -0.497 e. The van der Waals surface area contributed by atoms with Crippen LogP contribution < -0.4 is 15.6 Å². The summed E-state index contributed by atoms with van der Waals surface area (Å²) in [5, 5.41) is 4.66. The Labute approximate surface area is 173 Å². The number of aromatic nitrogens is 3. The van der Waals surface area contributed by atoms with E-state index in [9.17, 15) is 9.59 Å². The molecule has 4 rings (SSSR count). The van der Waals surface area contributed by atoms with Crippen LogP contribution in [-0.2, 0) is 17.9 Å². The first-order chi connectivity index (χ1) is 14.7. The Morgan fingerprint density at radius 1 is 1.10 bits per heavy atom. The molecule has 0 saturated carbocycles. The average Bonchev–Trinajstić information content (AvgIpc) is 3.17. The standard InChI is InChI=1S/C23H24N4O3/c1-30-18-8-9-21-17(15-18)10-13-26(21)14-11-24-22(28)7-4-12-27-16-25-20-6-3-2-5-19(20)23(27)29/h2-3,5-6,8-10,13,15-16H,4,7,11-12,14H2,1H3,(H,24,28). The molecule has 2 aromatic carbocycles. The van der Waals surface area contributed by atoms with Gasteiger partial charge in [0.1, 0.15) is 5.75 Å². The molecule has 7 nitrogen and oxygen atoms in total. The van der Waals surface area contributed by atoms with Gasteiger partial charge in [-0.05, 0) is 42.8 Å². The molecule has 30 heavy (non-hydrogen) atoms. The van der Waals surface area contributed by atoms with Gasteiger partial charge in [-0.1, -0.05) is 12.1 Å². The number of carbonyl (C=O) groups excluding carboxylic acids is 1. The SMILES string of the molecule is COc1ccc2c(ccn2CCNC(=O)CCCn2cnc3ccccc3c2=O)c1. The van der Waals surface area contributed by atoms with Gasteiger partial charge >= 0.3 is 0 Å². The predicted octanol–water partition coefficient (Wildman–Crippen LogP) is 2.96. The normalized spacial score (nSPS) is 11.1. The number of fused-ring (bicyclic) bond motifs is 2. The molecule has 1 amide bonds. The number of ether oxygens (including phenoxy) is 1. The zero-order valence-electron chi connectivity index (χ0n) is 16.9. The zero-order chi connectivity index (χ0) is 20.9. The van der Waals surface area contributed by atoms with Crippen molar-refractivity contribution in [3.63, 3.8) is 0 Å². The topological polar surface area (TPSA) is 78.2 Å². The number of benzene rings is 2. The van der Waals surface area contributed by atoms with E-state index in [1.165, 1.54) is 0 Å². The Balaban J connectivity index is 1.26. The Kier molecular flexibility index (Phi) is 5.79. The summed E-state index contributed by atoms with van der Waals surface area (Å²) in [5.41, 5.74) is 1.72. The molecule has 2 heterocycles. The van der Waals surface area contributed by atoms with E-state index in [2.05, 4.69) is 14.9 Å². The van der Waals surface area contributed by atoms with Crippen LogP contribution in [0.3, 0.4) is 0 Å². The van der Waals surface area contributed by atoms with E-state index in [4.69, 9.17) is 4.74 Å². The fourth-order valence-corrected chi connectivity index (χ4v) is 3.58. The summed E-state index contributed by atoms with van der Waals surface area (Å²) < 4.78 is 8.92. The molecule has 4 aromatic rings. The molecule has 0 fully saturated rings. The summed E-state index contributed by atoms with van der Waals surface area (Å²) >= 11 is 0. The van der Waals surface area contributed by atoms with Crippen molar-refractivity contribution in [2.24, 2.45) is 0 Å². The predicted molar refractivity (Wildman–Crippen MR) is 117 cm³/mol. The molecule has 2 aromatic heterocycles. The van der Waals surface area contributed by atoms with Crippen molar-refractivity contribution in [2.45, 2.75) is 25.9 Å². The molecule has 0 aliphatic carbocycles. The van der Waals surface area contributed by atoms with Gasteiger partial charge in [-0.2, -0.15) is 0 Å². The Bertz CT molecular complexity index is 1240. The van der Waals surface area contributed by atoms with Gasteiger partial charge in [-0.25, -0.2) is 4.98 Å². The number of rotatable bonds is 8. The summed E-state index contributed by atoms with van der Waals surface area (Å²) in [7, 11) is 1.65. The van der Waals surface area contributed by atoms with Crippen molar-refractivity contribution in [1.29, 1.82) is 0 Å². The highest BCUT2D eigenvalue weighted by Gasteiger charge is 2.06. The number of amides is 1. The van der Waals surface area contributed by atoms with Crippen molar-refractivity contribution < 1.29 is 9.53 Å². The fraction of sp³-hybridized carbons (Fsp3) is 0.261. The molecular formula is C23H24N4O3. The average molecular weight is 404 g/mol. The summed E-state index contributed by atoms with van der Waals surface area (Å²) in [6, 6.07) is 15.3. The number of hydrogen-bond donors (Lipinski definition) is 1. The lowest BCUT2D eigenvalue weighted by Crippen LogP contribution is -2.27. The third-order valence-electron chi connectivity index (χ3n) is 5.19. The highest BCUT2D eigenvalue weighted by atomic mass is 16.5. The second-order valence-electron chi connectivity index (χ2n) is 7.15. The third-order valence-corrected chi connectivity index (χ3v) is 5.19. The van der Waals surface area contributed by atoms with Crippen molar-refractivity contribution in [2.75, 3.05) is 13.7 Å². The first kappa shape index (κ1) is 19.7. The minimum absolute atomic E-state index is 0.0186. The maximum absolute atomic E-state index is 12.5. The van der Waals surface area contributed by atoms with Gasteiger partial charge in [0.2, 0.25) is 5.91 Å². The number of methoxy groups -OCH3 is 1. The maximum atomic E-state index is 12.5. The van der Waals surface area contributed by atoms with E-state index in [1.54, 1.807) is 24.1 Å². The molecule has 0 spiro atoms. The number of nitrogens with zero attached hydrogens (tertiary/aromatic N) is 3. The molecular weight excluding hydrogens is 380 g/mol.